The molecule has 0 aliphatic heterocycles. The summed E-state index contributed by atoms with van der Waals surface area (Å²) in [5.41, 5.74) is 1.04. The van der Waals surface area contributed by atoms with Crippen molar-refractivity contribution in [1.82, 2.24) is 15.1 Å². The van der Waals surface area contributed by atoms with Crippen LogP contribution in [0.4, 0.5) is 5.82 Å². The van der Waals surface area contributed by atoms with Crippen molar-refractivity contribution in [2.45, 2.75) is 33.7 Å². The largest absolute Gasteiger partial charge is 0.348 e. The van der Waals surface area contributed by atoms with Gasteiger partial charge in [0.2, 0.25) is 5.91 Å². The first-order valence-electron chi connectivity index (χ1n) is 7.65. The zero-order valence-corrected chi connectivity index (χ0v) is 13.8. The maximum absolute atomic E-state index is 12.2. The second kappa shape index (κ2) is 7.09. The molecule has 0 aliphatic carbocycles. The van der Waals surface area contributed by atoms with Crippen molar-refractivity contribution in [1.29, 1.82) is 0 Å². The molecule has 2 rings (SSSR count). The predicted octanol–water partition coefficient (Wildman–Crippen LogP) is 2.61. The average Bonchev–Trinajstić information content (AvgIpc) is 2.91. The molecule has 0 spiro atoms. The Morgan fingerprint density at radius 3 is 2.30 bits per heavy atom. The van der Waals surface area contributed by atoms with Gasteiger partial charge >= 0.3 is 0 Å². The summed E-state index contributed by atoms with van der Waals surface area (Å²) in [7, 11) is 0. The van der Waals surface area contributed by atoms with Gasteiger partial charge in [0.05, 0.1) is 5.69 Å². The Labute approximate surface area is 135 Å². The van der Waals surface area contributed by atoms with Crippen molar-refractivity contribution in [2.75, 3.05) is 5.32 Å². The number of hydrogen-bond donors (Lipinski definition) is 2. The summed E-state index contributed by atoms with van der Waals surface area (Å²) in [5.74, 6) is -0.0847. The molecule has 6 heteroatoms. The molecule has 23 heavy (non-hydrogen) atoms. The molecule has 0 unspecified atom stereocenters. The Morgan fingerprint density at radius 2 is 1.74 bits per heavy atom. The molecule has 122 valence electrons. The molecule has 0 atom stereocenters. The number of hydrogen-bond acceptors (Lipinski definition) is 3. The van der Waals surface area contributed by atoms with Crippen LogP contribution in [0, 0.1) is 5.92 Å². The van der Waals surface area contributed by atoms with E-state index in [1.807, 2.05) is 58.0 Å². The number of carbonyl (C=O) groups excluding carboxylic acids is 2. The van der Waals surface area contributed by atoms with Crippen molar-refractivity contribution in [2.24, 2.45) is 5.92 Å². The van der Waals surface area contributed by atoms with E-state index < -0.39 is 0 Å². The predicted molar refractivity (Wildman–Crippen MR) is 89.6 cm³/mol. The molecular formula is C17H22N4O2. The summed E-state index contributed by atoms with van der Waals surface area (Å²) < 4.78 is 1.56. The standard InChI is InChI=1S/C17H22N4O2/c1-11(2)16(22)19-15-10-14(17(23)18-12(3)4)20-21(15)13-8-6-5-7-9-13/h5-12H,1-4H3,(H,18,23)(H,19,22). The molecule has 2 N–H and O–H groups in total. The van der Waals surface area contributed by atoms with Crippen LogP contribution >= 0.6 is 0 Å². The van der Waals surface area contributed by atoms with Gasteiger partial charge in [0.1, 0.15) is 5.82 Å². The molecule has 0 aliphatic rings. The number of para-hydroxylation sites is 1. The zero-order valence-electron chi connectivity index (χ0n) is 13.8. The number of anilines is 1. The van der Waals surface area contributed by atoms with Crippen LogP contribution < -0.4 is 10.6 Å². The first kappa shape index (κ1) is 16.7. The smallest absolute Gasteiger partial charge is 0.272 e. The SMILES string of the molecule is CC(C)NC(=O)c1cc(NC(=O)C(C)C)n(-c2ccccc2)n1. The van der Waals surface area contributed by atoms with Crippen LogP contribution in [-0.2, 0) is 4.79 Å². The molecule has 0 fully saturated rings. The van der Waals surface area contributed by atoms with Gasteiger partial charge in [0.25, 0.3) is 5.91 Å². The fourth-order valence-corrected chi connectivity index (χ4v) is 1.95. The van der Waals surface area contributed by atoms with Crippen molar-refractivity contribution >= 4 is 17.6 Å². The average molecular weight is 314 g/mol. The summed E-state index contributed by atoms with van der Waals surface area (Å²) in [4.78, 5) is 24.2. The Hall–Kier alpha value is -2.63. The minimum Gasteiger partial charge on any atom is -0.348 e. The molecule has 1 heterocycles. The minimum atomic E-state index is -0.269. The maximum Gasteiger partial charge on any atom is 0.272 e. The molecule has 0 saturated carbocycles. The molecule has 6 nitrogen and oxygen atoms in total. The number of amides is 2. The lowest BCUT2D eigenvalue weighted by molar-refractivity contribution is -0.118. The summed E-state index contributed by atoms with van der Waals surface area (Å²) in [6.45, 7) is 7.39. The van der Waals surface area contributed by atoms with Crippen molar-refractivity contribution in [3.63, 3.8) is 0 Å². The van der Waals surface area contributed by atoms with Crippen LogP contribution in [0.5, 0.6) is 0 Å². The van der Waals surface area contributed by atoms with Crippen LogP contribution in [-0.4, -0.2) is 27.6 Å². The van der Waals surface area contributed by atoms with Gasteiger partial charge in [-0.05, 0) is 26.0 Å². The highest BCUT2D eigenvalue weighted by atomic mass is 16.2. The van der Waals surface area contributed by atoms with Gasteiger partial charge in [-0.2, -0.15) is 5.10 Å². The topological polar surface area (TPSA) is 76.0 Å². The van der Waals surface area contributed by atoms with E-state index in [-0.39, 0.29) is 29.5 Å². The fraction of sp³-hybridized carbons (Fsp3) is 0.353. The summed E-state index contributed by atoms with van der Waals surface area (Å²) in [6, 6.07) is 11.0. The van der Waals surface area contributed by atoms with E-state index in [2.05, 4.69) is 15.7 Å². The second-order valence-corrected chi connectivity index (χ2v) is 5.93. The highest BCUT2D eigenvalue weighted by molar-refractivity contribution is 5.96. The fourth-order valence-electron chi connectivity index (χ4n) is 1.95. The van der Waals surface area contributed by atoms with Crippen LogP contribution in [0.15, 0.2) is 36.4 Å². The summed E-state index contributed by atoms with van der Waals surface area (Å²) in [6.07, 6.45) is 0. The van der Waals surface area contributed by atoms with Crippen LogP contribution in [0.1, 0.15) is 38.2 Å². The molecule has 2 amide bonds. The van der Waals surface area contributed by atoms with Gasteiger partial charge in [-0.15, -0.1) is 0 Å². The molecular weight excluding hydrogens is 292 g/mol. The van der Waals surface area contributed by atoms with Crippen LogP contribution in [0.25, 0.3) is 5.69 Å². The lowest BCUT2D eigenvalue weighted by atomic mass is 10.2. The normalized spacial score (nSPS) is 10.9. The molecule has 0 bridgehead atoms. The van der Waals surface area contributed by atoms with Gasteiger partial charge < -0.3 is 10.6 Å². The van der Waals surface area contributed by atoms with Gasteiger partial charge in [-0.25, -0.2) is 4.68 Å². The highest BCUT2D eigenvalue weighted by Crippen LogP contribution is 2.18. The third-order valence-electron chi connectivity index (χ3n) is 3.14. The summed E-state index contributed by atoms with van der Waals surface area (Å²) in [5, 5.41) is 9.95. The molecule has 1 aromatic carbocycles. The van der Waals surface area contributed by atoms with E-state index in [4.69, 9.17) is 0 Å². The number of benzene rings is 1. The molecule has 0 saturated heterocycles. The Morgan fingerprint density at radius 1 is 1.09 bits per heavy atom. The van der Waals surface area contributed by atoms with Crippen molar-refractivity contribution in [3.05, 3.63) is 42.1 Å². The third kappa shape index (κ3) is 4.18. The van der Waals surface area contributed by atoms with Crippen LogP contribution in [0.3, 0.4) is 0 Å². The van der Waals surface area contributed by atoms with E-state index in [1.165, 1.54) is 0 Å². The number of nitrogens with zero attached hydrogens (tertiary/aromatic N) is 2. The quantitative estimate of drug-likeness (QED) is 0.890. The van der Waals surface area contributed by atoms with Gasteiger partial charge in [0, 0.05) is 18.0 Å². The second-order valence-electron chi connectivity index (χ2n) is 5.93. The van der Waals surface area contributed by atoms with Crippen LogP contribution in [0.2, 0.25) is 0 Å². The van der Waals surface area contributed by atoms with E-state index in [0.717, 1.165) is 5.69 Å². The van der Waals surface area contributed by atoms with Crippen molar-refractivity contribution in [3.8, 4) is 5.69 Å². The van der Waals surface area contributed by atoms with E-state index in [9.17, 15) is 9.59 Å². The zero-order chi connectivity index (χ0) is 17.0. The number of aromatic nitrogens is 2. The monoisotopic (exact) mass is 314 g/mol. The Balaban J connectivity index is 2.39. The maximum atomic E-state index is 12.2. The molecule has 1 aromatic heterocycles. The Kier molecular flexibility index (Phi) is 5.16. The van der Waals surface area contributed by atoms with E-state index in [0.29, 0.717) is 5.82 Å². The minimum absolute atomic E-state index is 0.0121. The summed E-state index contributed by atoms with van der Waals surface area (Å²) >= 11 is 0. The number of carbonyl (C=O) groups is 2. The van der Waals surface area contributed by atoms with Gasteiger partial charge in [-0.1, -0.05) is 32.0 Å². The number of nitrogens with one attached hydrogen (secondary N) is 2. The molecule has 2 aromatic rings. The molecule has 0 radical (unpaired) electrons. The van der Waals surface area contributed by atoms with E-state index >= 15 is 0 Å². The third-order valence-corrected chi connectivity index (χ3v) is 3.14. The van der Waals surface area contributed by atoms with Gasteiger partial charge in [-0.3, -0.25) is 9.59 Å². The first-order valence-corrected chi connectivity index (χ1v) is 7.65. The van der Waals surface area contributed by atoms with Crippen molar-refractivity contribution < 1.29 is 9.59 Å². The number of rotatable bonds is 5. The van der Waals surface area contributed by atoms with E-state index in [1.54, 1.807) is 10.7 Å². The highest BCUT2D eigenvalue weighted by Gasteiger charge is 2.18. The first-order chi connectivity index (χ1) is 10.9. The lowest BCUT2D eigenvalue weighted by Crippen LogP contribution is -2.30. The lowest BCUT2D eigenvalue weighted by Gasteiger charge is -2.10. The van der Waals surface area contributed by atoms with Gasteiger partial charge in [0.15, 0.2) is 5.69 Å². The Bertz CT molecular complexity index is 690.